The number of ether oxygens (including phenoxy) is 1. The first-order valence-corrected chi connectivity index (χ1v) is 9.44. The number of pyridine rings is 1. The molecule has 1 aromatic heterocycles. The Morgan fingerprint density at radius 2 is 1.89 bits per heavy atom. The zero-order chi connectivity index (χ0) is 19.8. The Morgan fingerprint density at radius 1 is 1.11 bits per heavy atom. The summed E-state index contributed by atoms with van der Waals surface area (Å²) in [6.45, 7) is 0.254. The Labute approximate surface area is 164 Å². The van der Waals surface area contributed by atoms with Gasteiger partial charge in [0.15, 0.2) is 6.61 Å². The van der Waals surface area contributed by atoms with Crippen LogP contribution < -0.4 is 15.4 Å². The first-order chi connectivity index (χ1) is 13.6. The molecule has 1 aliphatic carbocycles. The second-order valence-electron chi connectivity index (χ2n) is 6.89. The van der Waals surface area contributed by atoms with Crippen molar-refractivity contribution in [3.8, 4) is 5.75 Å². The summed E-state index contributed by atoms with van der Waals surface area (Å²) in [5, 5.41) is 16.0. The quantitative estimate of drug-likeness (QED) is 0.671. The Hall–Kier alpha value is -2.93. The van der Waals surface area contributed by atoms with Crippen LogP contribution in [0, 0.1) is 5.92 Å². The van der Waals surface area contributed by atoms with Crippen LogP contribution in [0.15, 0.2) is 54.7 Å². The molecule has 0 radical (unpaired) electrons. The Balaban J connectivity index is 1.40. The van der Waals surface area contributed by atoms with E-state index in [0.29, 0.717) is 31.6 Å². The molecule has 3 rings (SSSR count). The normalized spacial score (nSPS) is 21.5. The van der Waals surface area contributed by atoms with E-state index < -0.39 is 6.10 Å². The number of carbonyl (C=O) groups excluding carboxylic acids is 2. The predicted octanol–water partition coefficient (Wildman–Crippen LogP) is 1.42. The summed E-state index contributed by atoms with van der Waals surface area (Å²) >= 11 is 0. The van der Waals surface area contributed by atoms with Gasteiger partial charge in [0.05, 0.1) is 24.4 Å². The van der Waals surface area contributed by atoms with Gasteiger partial charge in [-0.3, -0.25) is 14.6 Å². The standard InChI is InChI=1S/C21H25N3O4/c25-19-12-15(21(27)23-13-16-6-4-5-11-22-16)9-10-18(19)24-20(26)14-28-17-7-2-1-3-8-17/h1-8,11,15,18-19,25H,9-10,12-14H2,(H,23,27)(H,24,26)/t15-,18-,19-/m0/s1. The molecule has 3 N–H and O–H groups in total. The molecule has 0 bridgehead atoms. The maximum absolute atomic E-state index is 12.3. The lowest BCUT2D eigenvalue weighted by molar-refractivity contribution is -0.128. The van der Waals surface area contributed by atoms with Crippen LogP contribution in [0.4, 0.5) is 0 Å². The van der Waals surface area contributed by atoms with Gasteiger partial charge in [0.2, 0.25) is 5.91 Å². The van der Waals surface area contributed by atoms with Gasteiger partial charge in [0.1, 0.15) is 5.75 Å². The first kappa shape index (κ1) is 19.8. The lowest BCUT2D eigenvalue weighted by Gasteiger charge is -2.32. The monoisotopic (exact) mass is 383 g/mol. The molecule has 1 fully saturated rings. The molecule has 1 aliphatic rings. The number of nitrogens with zero attached hydrogens (tertiary/aromatic N) is 1. The third kappa shape index (κ3) is 5.79. The third-order valence-corrected chi connectivity index (χ3v) is 4.82. The van der Waals surface area contributed by atoms with Crippen molar-refractivity contribution in [1.82, 2.24) is 15.6 Å². The number of hydrogen-bond acceptors (Lipinski definition) is 5. The fourth-order valence-corrected chi connectivity index (χ4v) is 3.29. The average Bonchev–Trinajstić information content (AvgIpc) is 2.73. The van der Waals surface area contributed by atoms with Crippen molar-refractivity contribution >= 4 is 11.8 Å². The van der Waals surface area contributed by atoms with Gasteiger partial charge in [-0.25, -0.2) is 0 Å². The van der Waals surface area contributed by atoms with Crippen molar-refractivity contribution < 1.29 is 19.4 Å². The minimum atomic E-state index is -0.764. The molecule has 1 saturated carbocycles. The first-order valence-electron chi connectivity index (χ1n) is 9.44. The number of nitrogens with one attached hydrogen (secondary N) is 2. The molecule has 2 amide bonds. The van der Waals surface area contributed by atoms with Gasteiger partial charge >= 0.3 is 0 Å². The van der Waals surface area contributed by atoms with Crippen LogP contribution in [0.3, 0.4) is 0 Å². The van der Waals surface area contributed by atoms with E-state index in [9.17, 15) is 14.7 Å². The van der Waals surface area contributed by atoms with Crippen LogP contribution in [0.1, 0.15) is 25.0 Å². The van der Waals surface area contributed by atoms with Gasteiger partial charge in [0.25, 0.3) is 5.91 Å². The molecule has 28 heavy (non-hydrogen) atoms. The van der Waals surface area contributed by atoms with E-state index in [4.69, 9.17) is 4.74 Å². The van der Waals surface area contributed by atoms with Crippen LogP contribution in [0.2, 0.25) is 0 Å². The van der Waals surface area contributed by atoms with E-state index in [1.165, 1.54) is 0 Å². The molecule has 0 aliphatic heterocycles. The maximum atomic E-state index is 12.3. The zero-order valence-corrected chi connectivity index (χ0v) is 15.6. The number of para-hydroxylation sites is 1. The zero-order valence-electron chi connectivity index (χ0n) is 15.6. The van der Waals surface area contributed by atoms with E-state index >= 15 is 0 Å². The average molecular weight is 383 g/mol. The Morgan fingerprint density at radius 3 is 2.61 bits per heavy atom. The molecule has 2 aromatic rings. The van der Waals surface area contributed by atoms with Gasteiger partial charge in [-0.15, -0.1) is 0 Å². The molecule has 0 saturated heterocycles. The van der Waals surface area contributed by atoms with Crippen molar-refractivity contribution in [1.29, 1.82) is 0 Å². The van der Waals surface area contributed by atoms with E-state index in [-0.39, 0.29) is 30.4 Å². The molecule has 0 spiro atoms. The summed E-state index contributed by atoms with van der Waals surface area (Å²) in [5.74, 6) is -0.0354. The van der Waals surface area contributed by atoms with Crippen molar-refractivity contribution in [3.05, 3.63) is 60.4 Å². The lowest BCUT2D eigenvalue weighted by Crippen LogP contribution is -2.50. The number of aliphatic hydroxyl groups excluding tert-OH is 1. The van der Waals surface area contributed by atoms with Crippen LogP contribution in [-0.2, 0) is 16.1 Å². The van der Waals surface area contributed by atoms with Gasteiger partial charge in [-0.1, -0.05) is 24.3 Å². The number of benzene rings is 1. The van der Waals surface area contributed by atoms with E-state index in [1.54, 1.807) is 18.3 Å². The van der Waals surface area contributed by atoms with Crippen molar-refractivity contribution in [2.24, 2.45) is 5.92 Å². The number of aliphatic hydroxyl groups is 1. The van der Waals surface area contributed by atoms with E-state index in [1.807, 2.05) is 36.4 Å². The molecular formula is C21H25N3O4. The Bertz CT molecular complexity index is 770. The highest BCUT2D eigenvalue weighted by molar-refractivity contribution is 5.79. The maximum Gasteiger partial charge on any atom is 0.258 e. The van der Waals surface area contributed by atoms with Crippen molar-refractivity contribution in [2.75, 3.05) is 6.61 Å². The molecule has 148 valence electrons. The fourth-order valence-electron chi connectivity index (χ4n) is 3.29. The second-order valence-corrected chi connectivity index (χ2v) is 6.89. The van der Waals surface area contributed by atoms with Gasteiger partial charge < -0.3 is 20.5 Å². The number of hydrogen-bond donors (Lipinski definition) is 3. The van der Waals surface area contributed by atoms with Gasteiger partial charge in [-0.2, -0.15) is 0 Å². The van der Waals surface area contributed by atoms with Crippen molar-refractivity contribution in [2.45, 2.75) is 38.0 Å². The minimum absolute atomic E-state index is 0.0955. The van der Waals surface area contributed by atoms with Crippen molar-refractivity contribution in [3.63, 3.8) is 0 Å². The van der Waals surface area contributed by atoms with E-state index in [2.05, 4.69) is 15.6 Å². The molecule has 0 unspecified atom stereocenters. The molecular weight excluding hydrogens is 358 g/mol. The molecule has 3 atom stereocenters. The third-order valence-electron chi connectivity index (χ3n) is 4.82. The predicted molar refractivity (Wildman–Crippen MR) is 103 cm³/mol. The number of rotatable bonds is 7. The van der Waals surface area contributed by atoms with Crippen LogP contribution in [0.5, 0.6) is 5.75 Å². The van der Waals surface area contributed by atoms with Gasteiger partial charge in [0, 0.05) is 12.1 Å². The largest absolute Gasteiger partial charge is 0.484 e. The summed E-state index contributed by atoms with van der Waals surface area (Å²) in [6.07, 6.45) is 2.38. The molecule has 1 aromatic carbocycles. The van der Waals surface area contributed by atoms with Gasteiger partial charge in [-0.05, 0) is 43.5 Å². The van der Waals surface area contributed by atoms with Crippen LogP contribution in [-0.4, -0.2) is 40.7 Å². The molecule has 7 heteroatoms. The number of carbonyl (C=O) groups is 2. The van der Waals surface area contributed by atoms with E-state index in [0.717, 1.165) is 5.69 Å². The summed E-state index contributed by atoms with van der Waals surface area (Å²) in [5.41, 5.74) is 0.788. The highest BCUT2D eigenvalue weighted by atomic mass is 16.5. The number of amides is 2. The lowest BCUT2D eigenvalue weighted by atomic mass is 9.83. The summed E-state index contributed by atoms with van der Waals surface area (Å²) in [7, 11) is 0. The second kappa shape index (κ2) is 9.85. The highest BCUT2D eigenvalue weighted by Gasteiger charge is 2.33. The topological polar surface area (TPSA) is 101 Å². The minimum Gasteiger partial charge on any atom is -0.484 e. The summed E-state index contributed by atoms with van der Waals surface area (Å²) in [6, 6.07) is 14.2. The van der Waals surface area contributed by atoms with Crippen LogP contribution in [0.25, 0.3) is 0 Å². The smallest absolute Gasteiger partial charge is 0.258 e. The fraction of sp³-hybridized carbons (Fsp3) is 0.381. The Kier molecular flexibility index (Phi) is 6.97. The molecule has 7 nitrogen and oxygen atoms in total. The number of aromatic nitrogens is 1. The SMILES string of the molecule is O=C(COc1ccccc1)N[C@H]1CC[C@H](C(=O)NCc2ccccn2)C[C@@H]1O. The summed E-state index contributed by atoms with van der Waals surface area (Å²) < 4.78 is 5.41. The highest BCUT2D eigenvalue weighted by Crippen LogP contribution is 2.25. The summed E-state index contributed by atoms with van der Waals surface area (Å²) in [4.78, 5) is 28.6. The van der Waals surface area contributed by atoms with Crippen LogP contribution >= 0.6 is 0 Å². The molecule has 1 heterocycles.